The van der Waals surface area contributed by atoms with Crippen molar-refractivity contribution in [2.75, 3.05) is 0 Å². The van der Waals surface area contributed by atoms with Gasteiger partial charge in [0.25, 0.3) is 0 Å². The highest BCUT2D eigenvalue weighted by Gasteiger charge is 2.31. The van der Waals surface area contributed by atoms with Gasteiger partial charge in [0.05, 0.1) is 11.8 Å². The molecule has 1 rings (SSSR count). The lowest BCUT2D eigenvalue weighted by atomic mass is 10.3. The van der Waals surface area contributed by atoms with Crippen LogP contribution >= 0.6 is 0 Å². The lowest BCUT2D eigenvalue weighted by molar-refractivity contribution is -0.138. The molecule has 1 aromatic heterocycles. The summed E-state index contributed by atoms with van der Waals surface area (Å²) in [5.41, 5.74) is -1.20. The van der Waals surface area contributed by atoms with Gasteiger partial charge in [0, 0.05) is 0 Å². The van der Waals surface area contributed by atoms with Crippen LogP contribution in [-0.2, 0) is 6.18 Å². The normalized spacial score (nSPS) is 11.6. The average molecular weight is 164 g/mol. The maximum absolute atomic E-state index is 12.1. The molecule has 0 N–H and O–H groups in total. The van der Waals surface area contributed by atoms with E-state index in [1.807, 2.05) is 0 Å². The van der Waals surface area contributed by atoms with Gasteiger partial charge in [0.1, 0.15) is 12.0 Å². The van der Waals surface area contributed by atoms with Gasteiger partial charge in [-0.15, -0.1) is 0 Å². The van der Waals surface area contributed by atoms with E-state index in [0.717, 1.165) is 0 Å². The number of rotatable bonds is 0. The molecule has 0 atom stereocenters. The molecule has 0 saturated carbocycles. The predicted octanol–water partition coefficient (Wildman–Crippen LogP) is 2.04. The fourth-order valence-corrected chi connectivity index (χ4v) is 0.516. The largest absolute Gasteiger partial charge is 0.418 e. The number of alkyl halides is 3. The van der Waals surface area contributed by atoms with Crippen LogP contribution in [0.4, 0.5) is 17.6 Å². The Morgan fingerprint density at radius 3 is 2.36 bits per heavy atom. The molecule has 0 aliphatic rings. The highest BCUT2D eigenvalue weighted by Crippen LogP contribution is 2.28. The molecule has 1 nitrogen and oxygen atoms in total. The van der Waals surface area contributed by atoms with Crippen LogP contribution in [0, 0.1) is 12.0 Å². The summed E-state index contributed by atoms with van der Waals surface area (Å²) < 4.78 is 47.3. The first-order chi connectivity index (χ1) is 5.00. The Morgan fingerprint density at radius 1 is 1.36 bits per heavy atom. The zero-order valence-corrected chi connectivity index (χ0v) is 5.11. The second-order valence-electron chi connectivity index (χ2n) is 1.81. The molecule has 59 valence electrons. The third-order valence-electron chi connectivity index (χ3n) is 0.961. The summed E-state index contributed by atoms with van der Waals surface area (Å²) in [6.45, 7) is 0. The van der Waals surface area contributed by atoms with E-state index < -0.39 is 17.6 Å². The van der Waals surface area contributed by atoms with E-state index in [-0.39, 0.29) is 0 Å². The molecule has 1 radical (unpaired) electrons. The van der Waals surface area contributed by atoms with E-state index in [1.54, 1.807) is 6.20 Å². The zero-order chi connectivity index (χ0) is 8.48. The fourth-order valence-electron chi connectivity index (χ4n) is 0.516. The van der Waals surface area contributed by atoms with Gasteiger partial charge in [0.15, 0.2) is 0 Å². The topological polar surface area (TPSA) is 12.9 Å². The molecule has 0 aliphatic heterocycles. The molecule has 0 fully saturated rings. The molecule has 1 aromatic rings. The van der Waals surface area contributed by atoms with Crippen molar-refractivity contribution in [3.8, 4) is 0 Å². The predicted molar refractivity (Wildman–Crippen MR) is 28.0 cm³/mol. The number of nitrogens with zero attached hydrogens (tertiary/aromatic N) is 1. The Morgan fingerprint density at radius 2 is 2.00 bits per heavy atom. The van der Waals surface area contributed by atoms with Gasteiger partial charge < -0.3 is 0 Å². The fraction of sp³-hybridized carbons (Fsp3) is 0.167. The molecule has 0 unspecified atom stereocenters. The summed E-state index contributed by atoms with van der Waals surface area (Å²) in [4.78, 5) is 2.93. The van der Waals surface area contributed by atoms with Gasteiger partial charge >= 0.3 is 6.18 Å². The highest BCUT2D eigenvalue weighted by atomic mass is 19.4. The molecule has 0 aliphatic carbocycles. The standard InChI is InChI=1S/C6H2F4N/c7-5-1-4(2-11-3-5)6(8,9)10/h1,3H. The van der Waals surface area contributed by atoms with Crippen LogP contribution < -0.4 is 0 Å². The Hall–Kier alpha value is -1.13. The summed E-state index contributed by atoms with van der Waals surface area (Å²) in [5.74, 6) is -1.02. The Balaban J connectivity index is 3.06. The van der Waals surface area contributed by atoms with Crippen molar-refractivity contribution >= 4 is 0 Å². The zero-order valence-electron chi connectivity index (χ0n) is 5.11. The molecule has 0 amide bonds. The third kappa shape index (κ3) is 1.89. The second kappa shape index (κ2) is 2.48. The van der Waals surface area contributed by atoms with Crippen molar-refractivity contribution in [1.82, 2.24) is 4.98 Å². The molecule has 5 heteroatoms. The molecule has 0 spiro atoms. The third-order valence-corrected chi connectivity index (χ3v) is 0.961. The average Bonchev–Trinajstić information content (AvgIpc) is 1.86. The van der Waals surface area contributed by atoms with Crippen LogP contribution in [0.25, 0.3) is 0 Å². The van der Waals surface area contributed by atoms with E-state index in [1.165, 1.54) is 0 Å². The number of hydrogen-bond donors (Lipinski definition) is 0. The van der Waals surface area contributed by atoms with E-state index in [4.69, 9.17) is 0 Å². The molecular formula is C6H2F4N. The molecule has 0 aromatic carbocycles. The molecule has 0 bridgehead atoms. The van der Waals surface area contributed by atoms with Gasteiger partial charge in [-0.1, -0.05) is 0 Å². The van der Waals surface area contributed by atoms with Crippen LogP contribution in [0.15, 0.2) is 12.3 Å². The number of aromatic nitrogens is 1. The summed E-state index contributed by atoms with van der Waals surface area (Å²) in [6, 6.07) is 0.340. The summed E-state index contributed by atoms with van der Waals surface area (Å²) in [6.07, 6.45) is -2.28. The van der Waals surface area contributed by atoms with Crippen LogP contribution in [0.5, 0.6) is 0 Å². The Bertz CT molecular complexity index is 255. The lowest BCUT2D eigenvalue weighted by Gasteiger charge is -2.03. The van der Waals surface area contributed by atoms with Gasteiger partial charge in [0.2, 0.25) is 0 Å². The molecule has 0 saturated heterocycles. The van der Waals surface area contributed by atoms with E-state index in [9.17, 15) is 17.6 Å². The van der Waals surface area contributed by atoms with Crippen molar-refractivity contribution in [3.63, 3.8) is 0 Å². The van der Waals surface area contributed by atoms with Gasteiger partial charge in [-0.3, -0.25) is 4.98 Å². The van der Waals surface area contributed by atoms with Crippen LogP contribution in [-0.4, -0.2) is 4.98 Å². The first-order valence-electron chi connectivity index (χ1n) is 2.60. The lowest BCUT2D eigenvalue weighted by Crippen LogP contribution is -2.05. The minimum Gasteiger partial charge on any atom is -0.251 e. The van der Waals surface area contributed by atoms with Gasteiger partial charge in [-0.25, -0.2) is 4.39 Å². The van der Waals surface area contributed by atoms with Crippen LogP contribution in [0.3, 0.4) is 0 Å². The van der Waals surface area contributed by atoms with Crippen molar-refractivity contribution < 1.29 is 17.6 Å². The molecule has 1 heterocycles. The van der Waals surface area contributed by atoms with Gasteiger partial charge in [-0.2, -0.15) is 13.2 Å². The Kier molecular flexibility index (Phi) is 1.80. The number of pyridine rings is 1. The van der Waals surface area contributed by atoms with Gasteiger partial charge in [-0.05, 0) is 6.07 Å². The molecular weight excluding hydrogens is 162 g/mol. The summed E-state index contributed by atoms with van der Waals surface area (Å²) in [7, 11) is 0. The number of hydrogen-bond acceptors (Lipinski definition) is 1. The second-order valence-corrected chi connectivity index (χ2v) is 1.81. The maximum atomic E-state index is 12.1. The summed E-state index contributed by atoms with van der Waals surface area (Å²) >= 11 is 0. The van der Waals surface area contributed by atoms with Crippen molar-refractivity contribution in [1.29, 1.82) is 0 Å². The highest BCUT2D eigenvalue weighted by molar-refractivity contribution is 5.12. The van der Waals surface area contributed by atoms with E-state index in [0.29, 0.717) is 12.3 Å². The monoisotopic (exact) mass is 164 g/mol. The van der Waals surface area contributed by atoms with E-state index >= 15 is 0 Å². The van der Waals surface area contributed by atoms with Crippen LogP contribution in [0.2, 0.25) is 0 Å². The number of halogens is 4. The maximum Gasteiger partial charge on any atom is 0.418 e. The summed E-state index contributed by atoms with van der Waals surface area (Å²) in [5, 5.41) is 0. The first kappa shape index (κ1) is 7.97. The Labute approximate surface area is 59.7 Å². The van der Waals surface area contributed by atoms with Crippen molar-refractivity contribution in [2.24, 2.45) is 0 Å². The first-order valence-corrected chi connectivity index (χ1v) is 2.60. The quantitative estimate of drug-likeness (QED) is 0.534. The van der Waals surface area contributed by atoms with Crippen molar-refractivity contribution in [3.05, 3.63) is 29.8 Å². The minimum atomic E-state index is -4.57. The van der Waals surface area contributed by atoms with E-state index in [2.05, 4.69) is 4.98 Å². The van der Waals surface area contributed by atoms with Crippen molar-refractivity contribution in [2.45, 2.75) is 6.18 Å². The molecule has 11 heavy (non-hydrogen) atoms. The van der Waals surface area contributed by atoms with Crippen LogP contribution in [0.1, 0.15) is 5.56 Å². The SMILES string of the molecule is Fc1cn[c]c(C(F)(F)F)c1. The minimum absolute atomic E-state index is 0.340. The smallest absolute Gasteiger partial charge is 0.251 e.